The second-order valence-corrected chi connectivity index (χ2v) is 8.42. The molecule has 2 aliphatic heterocycles. The highest BCUT2D eigenvalue weighted by molar-refractivity contribution is 7.13. The van der Waals surface area contributed by atoms with Crippen molar-refractivity contribution in [1.82, 2.24) is 24.4 Å². The topological polar surface area (TPSA) is 133 Å². The van der Waals surface area contributed by atoms with Crippen molar-refractivity contribution in [3.8, 4) is 11.3 Å². The minimum Gasteiger partial charge on any atom is -0.384 e. The van der Waals surface area contributed by atoms with Crippen molar-refractivity contribution in [2.75, 3.05) is 24.6 Å². The summed E-state index contributed by atoms with van der Waals surface area (Å²) in [6.45, 7) is 1.75. The molecule has 1 saturated heterocycles. The van der Waals surface area contributed by atoms with Crippen molar-refractivity contribution in [2.24, 2.45) is 5.92 Å². The number of anilines is 2. The number of carbonyl (C=O) groups is 1. The Morgan fingerprint density at radius 2 is 2.00 bits per heavy atom. The van der Waals surface area contributed by atoms with Crippen molar-refractivity contribution < 1.29 is 4.79 Å². The fourth-order valence-corrected chi connectivity index (χ4v) is 4.89. The lowest BCUT2D eigenvalue weighted by Crippen LogP contribution is -2.49. The van der Waals surface area contributed by atoms with Crippen molar-refractivity contribution in [2.45, 2.75) is 18.9 Å². The molecule has 10 heteroatoms. The van der Waals surface area contributed by atoms with Gasteiger partial charge in [-0.3, -0.25) is 9.59 Å². The van der Waals surface area contributed by atoms with Crippen LogP contribution in [0.15, 0.2) is 34.7 Å². The van der Waals surface area contributed by atoms with E-state index in [0.717, 1.165) is 12.1 Å². The van der Waals surface area contributed by atoms with Gasteiger partial charge in [0.05, 0.1) is 5.69 Å². The Labute approximate surface area is 170 Å². The summed E-state index contributed by atoms with van der Waals surface area (Å²) in [7, 11) is 0. The average molecular weight is 409 g/mol. The molecule has 2 bridgehead atoms. The van der Waals surface area contributed by atoms with E-state index in [4.69, 9.17) is 11.5 Å². The number of aromatic nitrogens is 4. The zero-order chi connectivity index (χ0) is 20.1. The first-order valence-electron chi connectivity index (χ1n) is 9.31. The van der Waals surface area contributed by atoms with E-state index in [1.807, 2.05) is 15.5 Å². The standard InChI is InChI=1S/C19H19N7O2S/c20-16-4-13(22-9-23-16)11-2-15-12-1-10(6-26(15)17(27)3-11)5-25(7-12)18(28)14-8-29-19(21)24-14/h2-4,8-10,12H,1,5-7H2,(H2,21,24)(H2,20,22,23)/t10-,12+/m0/s1. The molecule has 0 aliphatic carbocycles. The molecule has 5 rings (SSSR count). The van der Waals surface area contributed by atoms with Crippen LogP contribution in [0.3, 0.4) is 0 Å². The van der Waals surface area contributed by atoms with Gasteiger partial charge in [-0.05, 0) is 18.4 Å². The van der Waals surface area contributed by atoms with Gasteiger partial charge in [-0.25, -0.2) is 15.0 Å². The predicted octanol–water partition coefficient (Wildman–Crippen LogP) is 1.19. The van der Waals surface area contributed by atoms with Crippen molar-refractivity contribution in [1.29, 1.82) is 0 Å². The van der Waals surface area contributed by atoms with E-state index in [9.17, 15) is 9.59 Å². The summed E-state index contributed by atoms with van der Waals surface area (Å²) < 4.78 is 1.83. The molecule has 4 N–H and O–H groups in total. The van der Waals surface area contributed by atoms with Gasteiger partial charge in [-0.2, -0.15) is 0 Å². The van der Waals surface area contributed by atoms with Crippen LogP contribution in [0.5, 0.6) is 0 Å². The molecule has 3 aromatic rings. The molecule has 0 saturated carbocycles. The lowest BCUT2D eigenvalue weighted by molar-refractivity contribution is 0.0590. The van der Waals surface area contributed by atoms with Crippen LogP contribution in [-0.2, 0) is 6.54 Å². The van der Waals surface area contributed by atoms with Crippen molar-refractivity contribution >= 4 is 28.2 Å². The highest BCUT2D eigenvalue weighted by atomic mass is 32.1. The number of likely N-dealkylation sites (tertiary alicyclic amines) is 1. The number of piperidine rings is 1. The van der Waals surface area contributed by atoms with E-state index in [1.54, 1.807) is 17.5 Å². The Hall–Kier alpha value is -3.27. The van der Waals surface area contributed by atoms with E-state index in [2.05, 4.69) is 15.0 Å². The molecule has 2 aliphatic rings. The molecule has 1 fully saturated rings. The monoisotopic (exact) mass is 409 g/mol. The molecule has 29 heavy (non-hydrogen) atoms. The molecule has 2 atom stereocenters. The fraction of sp³-hybridized carbons (Fsp3) is 0.316. The number of nitrogen functional groups attached to an aromatic ring is 2. The van der Waals surface area contributed by atoms with E-state index in [1.165, 1.54) is 17.7 Å². The number of amides is 1. The Balaban J connectivity index is 1.50. The summed E-state index contributed by atoms with van der Waals surface area (Å²) in [4.78, 5) is 39.8. The number of nitrogens with zero attached hydrogens (tertiary/aromatic N) is 5. The maximum absolute atomic E-state index is 12.9. The highest BCUT2D eigenvalue weighted by Crippen LogP contribution is 2.37. The first-order valence-corrected chi connectivity index (χ1v) is 10.2. The van der Waals surface area contributed by atoms with Crippen LogP contribution < -0.4 is 17.0 Å². The van der Waals surface area contributed by atoms with Gasteiger partial charge in [-0.15, -0.1) is 11.3 Å². The Morgan fingerprint density at radius 1 is 1.14 bits per heavy atom. The molecule has 3 aromatic heterocycles. The quantitative estimate of drug-likeness (QED) is 0.649. The Kier molecular flexibility index (Phi) is 4.09. The van der Waals surface area contributed by atoms with Crippen LogP contribution in [0.4, 0.5) is 10.9 Å². The van der Waals surface area contributed by atoms with Crippen molar-refractivity contribution in [3.05, 3.63) is 51.6 Å². The van der Waals surface area contributed by atoms with Crippen LogP contribution in [0.25, 0.3) is 11.3 Å². The third-order valence-electron chi connectivity index (χ3n) is 5.57. The summed E-state index contributed by atoms with van der Waals surface area (Å²) >= 11 is 1.26. The average Bonchev–Trinajstić information content (AvgIpc) is 3.14. The number of carbonyl (C=O) groups excluding carboxylic acids is 1. The molecule has 0 unspecified atom stereocenters. The van der Waals surface area contributed by atoms with Gasteiger partial charge in [-0.1, -0.05) is 0 Å². The fourth-order valence-electron chi connectivity index (χ4n) is 4.35. The number of rotatable bonds is 2. The SMILES string of the molecule is Nc1cc(-c2cc3n(c(=O)c2)C[C@H]2C[C@@H]3CN(C(=O)c3csc(N)n3)C2)ncn1. The number of nitrogens with two attached hydrogens (primary N) is 2. The Bertz CT molecular complexity index is 1170. The molecule has 0 spiro atoms. The molecular weight excluding hydrogens is 390 g/mol. The second-order valence-electron chi connectivity index (χ2n) is 7.53. The maximum Gasteiger partial charge on any atom is 0.273 e. The molecule has 0 radical (unpaired) electrons. The third-order valence-corrected chi connectivity index (χ3v) is 6.24. The summed E-state index contributed by atoms with van der Waals surface area (Å²) in [5, 5.41) is 2.08. The van der Waals surface area contributed by atoms with Gasteiger partial charge < -0.3 is 20.9 Å². The number of thiazole rings is 1. The summed E-state index contributed by atoms with van der Waals surface area (Å²) in [6.07, 6.45) is 2.33. The van der Waals surface area contributed by atoms with Crippen molar-refractivity contribution in [3.63, 3.8) is 0 Å². The van der Waals surface area contributed by atoms with E-state index in [-0.39, 0.29) is 23.3 Å². The smallest absolute Gasteiger partial charge is 0.273 e. The normalized spacial score (nSPS) is 20.3. The minimum atomic E-state index is -0.108. The van der Waals surface area contributed by atoms with Gasteiger partial charge in [0.25, 0.3) is 11.5 Å². The zero-order valence-electron chi connectivity index (χ0n) is 15.5. The van der Waals surface area contributed by atoms with E-state index >= 15 is 0 Å². The van der Waals surface area contributed by atoms with Crippen LogP contribution >= 0.6 is 11.3 Å². The van der Waals surface area contributed by atoms with Gasteiger partial charge in [0, 0.05) is 54.3 Å². The second kappa shape index (κ2) is 6.66. The first kappa shape index (κ1) is 17.8. The maximum atomic E-state index is 12.9. The number of fused-ring (bicyclic) bond motifs is 4. The van der Waals surface area contributed by atoms with E-state index < -0.39 is 0 Å². The Morgan fingerprint density at radius 3 is 2.76 bits per heavy atom. The van der Waals surface area contributed by atoms with Gasteiger partial charge in [0.15, 0.2) is 5.13 Å². The molecule has 148 valence electrons. The minimum absolute atomic E-state index is 0.0589. The first-order chi connectivity index (χ1) is 14.0. The van der Waals surface area contributed by atoms with E-state index in [0.29, 0.717) is 47.5 Å². The molecule has 5 heterocycles. The summed E-state index contributed by atoms with van der Waals surface area (Å²) in [5.41, 5.74) is 14.0. The van der Waals surface area contributed by atoms with Crippen LogP contribution in [-0.4, -0.2) is 43.4 Å². The molecule has 1 amide bonds. The predicted molar refractivity (Wildman–Crippen MR) is 109 cm³/mol. The lowest BCUT2D eigenvalue weighted by atomic mass is 9.82. The summed E-state index contributed by atoms with van der Waals surface area (Å²) in [6, 6.07) is 5.23. The zero-order valence-corrected chi connectivity index (χ0v) is 16.3. The van der Waals surface area contributed by atoms with Gasteiger partial charge in [0.1, 0.15) is 17.8 Å². The largest absolute Gasteiger partial charge is 0.384 e. The molecule has 9 nitrogen and oxygen atoms in total. The highest BCUT2D eigenvalue weighted by Gasteiger charge is 2.37. The van der Waals surface area contributed by atoms with Crippen LogP contribution in [0, 0.1) is 5.92 Å². The van der Waals surface area contributed by atoms with Crippen LogP contribution in [0.1, 0.15) is 28.5 Å². The molecule has 0 aromatic carbocycles. The van der Waals surface area contributed by atoms with Gasteiger partial charge >= 0.3 is 0 Å². The number of hydrogen-bond acceptors (Lipinski definition) is 8. The van der Waals surface area contributed by atoms with Gasteiger partial charge in [0.2, 0.25) is 0 Å². The summed E-state index contributed by atoms with van der Waals surface area (Å²) in [5.74, 6) is 0.557. The number of hydrogen-bond donors (Lipinski definition) is 2. The molecular formula is C19H19N7O2S. The lowest BCUT2D eigenvalue weighted by Gasteiger charge is -2.42. The van der Waals surface area contributed by atoms with Crippen LogP contribution in [0.2, 0.25) is 0 Å². The number of pyridine rings is 1. The third kappa shape index (κ3) is 3.15.